The van der Waals surface area contributed by atoms with Gasteiger partial charge in [0.25, 0.3) is 0 Å². The molecule has 0 spiro atoms. The summed E-state index contributed by atoms with van der Waals surface area (Å²) in [6.45, 7) is 0. The van der Waals surface area contributed by atoms with Gasteiger partial charge in [0.15, 0.2) is 5.16 Å². The lowest BCUT2D eigenvalue weighted by molar-refractivity contribution is 0.960. The van der Waals surface area contributed by atoms with Crippen molar-refractivity contribution in [1.29, 1.82) is 0 Å². The van der Waals surface area contributed by atoms with Crippen LogP contribution in [0.3, 0.4) is 0 Å². The van der Waals surface area contributed by atoms with Gasteiger partial charge in [0.05, 0.1) is 11.7 Å². The van der Waals surface area contributed by atoms with Gasteiger partial charge in [-0.15, -0.1) is 0 Å². The highest BCUT2D eigenvalue weighted by Crippen LogP contribution is 2.18. The van der Waals surface area contributed by atoms with E-state index < -0.39 is 0 Å². The molecular formula is C10H9ClN2S. The Balaban J connectivity index is 2.25. The van der Waals surface area contributed by atoms with Crippen molar-refractivity contribution in [3.8, 4) is 0 Å². The highest BCUT2D eigenvalue weighted by atomic mass is 35.5. The summed E-state index contributed by atoms with van der Waals surface area (Å²) in [5.74, 6) is 0.845. The second kappa shape index (κ2) is 4.53. The Hall–Kier alpha value is -0.930. The van der Waals surface area contributed by atoms with Crippen molar-refractivity contribution in [2.45, 2.75) is 5.16 Å². The fourth-order valence-electron chi connectivity index (χ4n) is 1.19. The Bertz CT molecular complexity index is 450. The summed E-state index contributed by atoms with van der Waals surface area (Å²) in [4.78, 5) is 4.32. The average Bonchev–Trinajstić information content (AvgIpc) is 2.63. The lowest BCUT2D eigenvalue weighted by Crippen LogP contribution is -1.85. The third kappa shape index (κ3) is 1.94. The fourth-order valence-corrected chi connectivity index (χ4v) is 2.15. The first-order chi connectivity index (χ1) is 6.92. The fraction of sp³-hybridized carbons (Fsp3) is 0.100. The van der Waals surface area contributed by atoms with Crippen molar-refractivity contribution < 1.29 is 0 Å². The normalized spacial score (nSPS) is 11.5. The summed E-state index contributed by atoms with van der Waals surface area (Å²) < 4.78 is 2.06. The Kier molecular flexibility index (Phi) is 3.11. The minimum atomic E-state index is 0.845. The summed E-state index contributed by atoms with van der Waals surface area (Å²) in [6.07, 6.45) is 5.78. The molecule has 2 aromatic rings. The molecule has 72 valence electrons. The summed E-state index contributed by atoms with van der Waals surface area (Å²) in [5.41, 5.74) is 2.65. The maximum absolute atomic E-state index is 5.44. The molecular weight excluding hydrogens is 216 g/mol. The van der Waals surface area contributed by atoms with Crippen molar-refractivity contribution in [1.82, 2.24) is 9.38 Å². The maximum Gasteiger partial charge on any atom is 0.172 e. The highest BCUT2D eigenvalue weighted by Gasteiger charge is 2.00. The van der Waals surface area contributed by atoms with Crippen molar-refractivity contribution in [3.63, 3.8) is 0 Å². The van der Waals surface area contributed by atoms with E-state index in [1.54, 1.807) is 11.8 Å². The van der Waals surface area contributed by atoms with Gasteiger partial charge in [0.2, 0.25) is 0 Å². The molecule has 0 fully saturated rings. The van der Waals surface area contributed by atoms with Crippen molar-refractivity contribution in [2.75, 3.05) is 5.75 Å². The summed E-state index contributed by atoms with van der Waals surface area (Å²) in [6, 6.07) is 6.04. The van der Waals surface area contributed by atoms with Crippen molar-refractivity contribution in [3.05, 3.63) is 42.2 Å². The number of aromatic nitrogens is 2. The number of imidazole rings is 1. The summed E-state index contributed by atoms with van der Waals surface area (Å²) in [7, 11) is 0. The van der Waals surface area contributed by atoms with Gasteiger partial charge in [-0.25, -0.2) is 4.98 Å². The largest absolute Gasteiger partial charge is 0.295 e. The van der Waals surface area contributed by atoms with Crippen LogP contribution in [0.1, 0.15) is 0 Å². The van der Waals surface area contributed by atoms with Crippen LogP contribution in [-0.2, 0) is 0 Å². The molecule has 0 bridgehead atoms. The molecule has 0 unspecified atom stereocenters. The Morgan fingerprint density at radius 1 is 1.50 bits per heavy atom. The van der Waals surface area contributed by atoms with Crippen LogP contribution in [0.2, 0.25) is 0 Å². The van der Waals surface area contributed by atoms with E-state index in [1.807, 2.05) is 36.7 Å². The van der Waals surface area contributed by atoms with E-state index in [4.69, 9.17) is 11.6 Å². The zero-order valence-corrected chi connectivity index (χ0v) is 9.00. The predicted octanol–water partition coefficient (Wildman–Crippen LogP) is 3.18. The lowest BCUT2D eigenvalue weighted by Gasteiger charge is -1.97. The zero-order valence-electron chi connectivity index (χ0n) is 7.43. The molecule has 0 saturated heterocycles. The standard InChI is InChI=1S/C10H9ClN2S/c11-5-3-7-14-10-12-8-9-4-1-2-6-13(9)10/h1-6,8H,7H2. The topological polar surface area (TPSA) is 17.3 Å². The minimum absolute atomic E-state index is 0.845. The summed E-state index contributed by atoms with van der Waals surface area (Å²) >= 11 is 7.10. The molecule has 0 aliphatic rings. The molecule has 2 rings (SSSR count). The Labute approximate surface area is 91.6 Å². The number of pyridine rings is 1. The molecule has 2 heterocycles. The van der Waals surface area contributed by atoms with Gasteiger partial charge in [0.1, 0.15) is 0 Å². The molecule has 0 radical (unpaired) electrons. The van der Waals surface area contributed by atoms with E-state index in [2.05, 4.69) is 9.38 Å². The van der Waals surface area contributed by atoms with E-state index in [-0.39, 0.29) is 0 Å². The predicted molar refractivity (Wildman–Crippen MR) is 60.9 cm³/mol. The van der Waals surface area contributed by atoms with Crippen LogP contribution in [0.5, 0.6) is 0 Å². The van der Waals surface area contributed by atoms with Gasteiger partial charge in [-0.3, -0.25) is 4.40 Å². The van der Waals surface area contributed by atoms with Gasteiger partial charge in [-0.2, -0.15) is 0 Å². The van der Waals surface area contributed by atoms with Gasteiger partial charge in [0, 0.05) is 17.5 Å². The van der Waals surface area contributed by atoms with Crippen molar-refractivity contribution in [2.24, 2.45) is 0 Å². The second-order valence-electron chi connectivity index (χ2n) is 2.71. The van der Waals surface area contributed by atoms with Crippen LogP contribution < -0.4 is 0 Å². The Morgan fingerprint density at radius 3 is 3.29 bits per heavy atom. The first-order valence-corrected chi connectivity index (χ1v) is 5.64. The number of halogens is 1. The maximum atomic E-state index is 5.44. The number of nitrogens with zero attached hydrogens (tertiary/aromatic N) is 2. The first kappa shape index (κ1) is 9.62. The molecule has 4 heteroatoms. The number of rotatable bonds is 3. The van der Waals surface area contributed by atoms with E-state index in [0.29, 0.717) is 0 Å². The van der Waals surface area contributed by atoms with E-state index >= 15 is 0 Å². The zero-order chi connectivity index (χ0) is 9.80. The van der Waals surface area contributed by atoms with Crippen LogP contribution in [0.4, 0.5) is 0 Å². The third-order valence-corrected chi connectivity index (χ3v) is 2.90. The molecule has 0 aliphatic carbocycles. The molecule has 0 saturated carbocycles. The first-order valence-electron chi connectivity index (χ1n) is 4.22. The van der Waals surface area contributed by atoms with Crippen LogP contribution in [0.15, 0.2) is 47.4 Å². The number of fused-ring (bicyclic) bond motifs is 1. The molecule has 0 atom stereocenters. The smallest absolute Gasteiger partial charge is 0.172 e. The molecule has 0 aliphatic heterocycles. The molecule has 14 heavy (non-hydrogen) atoms. The molecule has 0 aromatic carbocycles. The third-order valence-electron chi connectivity index (χ3n) is 1.80. The SMILES string of the molecule is ClC=CCSc1ncc2ccccn12. The molecule has 2 aromatic heterocycles. The van der Waals surface area contributed by atoms with Crippen LogP contribution in [0.25, 0.3) is 5.52 Å². The summed E-state index contributed by atoms with van der Waals surface area (Å²) in [5, 5.41) is 0.996. The van der Waals surface area contributed by atoms with E-state index in [0.717, 1.165) is 16.4 Å². The van der Waals surface area contributed by atoms with E-state index in [9.17, 15) is 0 Å². The average molecular weight is 225 g/mol. The highest BCUT2D eigenvalue weighted by molar-refractivity contribution is 7.99. The quantitative estimate of drug-likeness (QED) is 0.745. The number of thioether (sulfide) groups is 1. The van der Waals surface area contributed by atoms with Gasteiger partial charge >= 0.3 is 0 Å². The van der Waals surface area contributed by atoms with Gasteiger partial charge in [-0.1, -0.05) is 35.5 Å². The van der Waals surface area contributed by atoms with Gasteiger partial charge in [-0.05, 0) is 12.1 Å². The molecule has 0 amide bonds. The number of hydrogen-bond donors (Lipinski definition) is 0. The minimum Gasteiger partial charge on any atom is -0.295 e. The van der Waals surface area contributed by atoms with Crippen molar-refractivity contribution >= 4 is 28.9 Å². The lowest BCUT2D eigenvalue weighted by atomic mass is 10.4. The monoisotopic (exact) mass is 224 g/mol. The van der Waals surface area contributed by atoms with Crippen LogP contribution in [0, 0.1) is 0 Å². The van der Waals surface area contributed by atoms with Crippen LogP contribution in [-0.4, -0.2) is 15.1 Å². The molecule has 0 N–H and O–H groups in total. The Morgan fingerprint density at radius 2 is 2.43 bits per heavy atom. The second-order valence-corrected chi connectivity index (χ2v) is 3.95. The van der Waals surface area contributed by atoms with Gasteiger partial charge < -0.3 is 0 Å². The van der Waals surface area contributed by atoms with E-state index in [1.165, 1.54) is 5.54 Å². The number of hydrogen-bond acceptors (Lipinski definition) is 2. The van der Waals surface area contributed by atoms with Crippen LogP contribution >= 0.6 is 23.4 Å². The molecule has 2 nitrogen and oxygen atoms in total.